The maximum absolute atomic E-state index is 9.01. The van der Waals surface area contributed by atoms with Crippen molar-refractivity contribution in [3.63, 3.8) is 0 Å². The normalized spacial score (nSPS) is 14.8. The van der Waals surface area contributed by atoms with Crippen LogP contribution in [0.1, 0.15) is 0 Å². The van der Waals surface area contributed by atoms with Crippen molar-refractivity contribution in [1.82, 2.24) is 5.32 Å². The van der Waals surface area contributed by atoms with Crippen LogP contribution >= 0.6 is 0 Å². The molecule has 58 valence electrons. The van der Waals surface area contributed by atoms with Gasteiger partial charge < -0.3 is 15.5 Å². The van der Waals surface area contributed by atoms with E-state index in [1.807, 2.05) is 0 Å². The van der Waals surface area contributed by atoms with E-state index in [9.17, 15) is 0 Å². The van der Waals surface area contributed by atoms with Crippen LogP contribution in [0, 0.1) is 13.8 Å². The molecule has 0 aromatic rings. The Kier molecular flexibility index (Phi) is 3.57. The fourth-order valence-electron chi connectivity index (χ4n) is 0.467. The van der Waals surface area contributed by atoms with Crippen molar-refractivity contribution in [2.75, 3.05) is 6.54 Å². The third-order valence-corrected chi connectivity index (χ3v) is 1.20. The third kappa shape index (κ3) is 2.47. The van der Waals surface area contributed by atoms with E-state index in [1.165, 1.54) is 0 Å². The van der Waals surface area contributed by atoms with Crippen molar-refractivity contribution < 1.29 is 10.2 Å². The molecule has 0 aliphatic carbocycles. The fourth-order valence-corrected chi connectivity index (χ4v) is 0.467. The second-order valence-corrected chi connectivity index (χ2v) is 1.99. The standard InChI is InChI=1S/C7H13NO2/c1-4-7(9,10)6(3)8-5-2/h4,6,8-10H,1-3,5H2. The lowest BCUT2D eigenvalue weighted by Gasteiger charge is -2.25. The third-order valence-electron chi connectivity index (χ3n) is 1.20. The van der Waals surface area contributed by atoms with Crippen LogP contribution in [0.5, 0.6) is 0 Å². The van der Waals surface area contributed by atoms with Crippen LogP contribution in [0.4, 0.5) is 0 Å². The predicted molar refractivity (Wildman–Crippen MR) is 39.9 cm³/mol. The number of aliphatic hydroxyl groups is 2. The largest absolute Gasteiger partial charge is 0.361 e. The van der Waals surface area contributed by atoms with Crippen molar-refractivity contribution in [1.29, 1.82) is 0 Å². The molecule has 0 fully saturated rings. The summed E-state index contributed by atoms with van der Waals surface area (Å²) in [6.07, 6.45) is 1.02. The zero-order chi connectivity index (χ0) is 8.20. The zero-order valence-corrected chi connectivity index (χ0v) is 5.88. The van der Waals surface area contributed by atoms with E-state index in [0.717, 1.165) is 6.08 Å². The molecule has 1 unspecified atom stereocenters. The summed E-state index contributed by atoms with van der Waals surface area (Å²) in [5.74, 6) is -1.95. The number of rotatable bonds is 4. The van der Waals surface area contributed by atoms with E-state index >= 15 is 0 Å². The molecule has 0 saturated heterocycles. The van der Waals surface area contributed by atoms with E-state index in [1.54, 1.807) is 0 Å². The molecule has 0 heterocycles. The average molecular weight is 143 g/mol. The topological polar surface area (TPSA) is 52.5 Å². The van der Waals surface area contributed by atoms with Crippen molar-refractivity contribution in [3.8, 4) is 0 Å². The second kappa shape index (κ2) is 3.71. The van der Waals surface area contributed by atoms with Crippen LogP contribution in [-0.2, 0) is 0 Å². The lowest BCUT2D eigenvalue weighted by Crippen LogP contribution is -2.47. The summed E-state index contributed by atoms with van der Waals surface area (Å²) < 4.78 is 0. The Bertz CT molecular complexity index is 112. The minimum Gasteiger partial charge on any atom is -0.361 e. The van der Waals surface area contributed by atoms with Gasteiger partial charge >= 0.3 is 0 Å². The Morgan fingerprint density at radius 3 is 2.40 bits per heavy atom. The van der Waals surface area contributed by atoms with Crippen LogP contribution < -0.4 is 5.32 Å². The van der Waals surface area contributed by atoms with Crippen molar-refractivity contribution in [2.45, 2.75) is 11.8 Å². The van der Waals surface area contributed by atoms with E-state index in [-0.39, 0.29) is 0 Å². The molecule has 3 nitrogen and oxygen atoms in total. The molecule has 0 spiro atoms. The Labute approximate surface area is 61.4 Å². The molecule has 2 radical (unpaired) electrons. The summed E-state index contributed by atoms with van der Waals surface area (Å²) in [4.78, 5) is 0. The van der Waals surface area contributed by atoms with Crippen LogP contribution in [0.3, 0.4) is 0 Å². The van der Waals surface area contributed by atoms with Crippen LogP contribution in [0.25, 0.3) is 0 Å². The van der Waals surface area contributed by atoms with Gasteiger partial charge in [0.05, 0.1) is 6.04 Å². The monoisotopic (exact) mass is 143 g/mol. The summed E-state index contributed by atoms with van der Waals surface area (Å²) in [5.41, 5.74) is 0. The number of hydrogen-bond acceptors (Lipinski definition) is 3. The van der Waals surface area contributed by atoms with Gasteiger partial charge in [0.2, 0.25) is 0 Å². The van der Waals surface area contributed by atoms with E-state index in [2.05, 4.69) is 25.7 Å². The van der Waals surface area contributed by atoms with Crippen molar-refractivity contribution >= 4 is 0 Å². The summed E-state index contributed by atoms with van der Waals surface area (Å²) in [6.45, 7) is 10.5. The Balaban J connectivity index is 3.90. The maximum Gasteiger partial charge on any atom is 0.198 e. The van der Waals surface area contributed by atoms with Crippen molar-refractivity contribution in [2.24, 2.45) is 0 Å². The van der Waals surface area contributed by atoms with Gasteiger partial charge in [0.25, 0.3) is 0 Å². The highest BCUT2D eigenvalue weighted by Crippen LogP contribution is 2.05. The Morgan fingerprint density at radius 1 is 1.60 bits per heavy atom. The summed E-state index contributed by atoms with van der Waals surface area (Å²) >= 11 is 0. The van der Waals surface area contributed by atoms with Gasteiger partial charge in [-0.2, -0.15) is 0 Å². The molecular formula is C7H13NO2. The summed E-state index contributed by atoms with van der Waals surface area (Å²) in [6, 6.07) is -0.692. The molecule has 0 aliphatic rings. The smallest absolute Gasteiger partial charge is 0.198 e. The molecule has 1 atom stereocenters. The van der Waals surface area contributed by atoms with Crippen LogP contribution in [0.2, 0.25) is 0 Å². The van der Waals surface area contributed by atoms with Crippen LogP contribution in [0.15, 0.2) is 12.7 Å². The molecular weight excluding hydrogens is 130 g/mol. The molecule has 0 bridgehead atoms. The van der Waals surface area contributed by atoms with Gasteiger partial charge in [0.15, 0.2) is 5.79 Å². The van der Waals surface area contributed by atoms with Gasteiger partial charge in [-0.15, -0.1) is 0 Å². The minimum atomic E-state index is -1.95. The highest BCUT2D eigenvalue weighted by molar-refractivity contribution is 4.97. The second-order valence-electron chi connectivity index (χ2n) is 1.99. The van der Waals surface area contributed by atoms with E-state index in [4.69, 9.17) is 10.2 Å². The molecule has 10 heavy (non-hydrogen) atoms. The summed E-state index contributed by atoms with van der Waals surface area (Å²) in [7, 11) is 0. The van der Waals surface area contributed by atoms with Crippen LogP contribution in [-0.4, -0.2) is 28.6 Å². The molecule has 0 rings (SSSR count). The predicted octanol–water partition coefficient (Wildman–Crippen LogP) is -0.520. The first-order chi connectivity index (χ1) is 4.54. The first-order valence-corrected chi connectivity index (χ1v) is 2.98. The van der Waals surface area contributed by atoms with Gasteiger partial charge in [-0.1, -0.05) is 6.58 Å². The van der Waals surface area contributed by atoms with Gasteiger partial charge in [-0.25, -0.2) is 0 Å². The molecule has 0 saturated carbocycles. The Morgan fingerprint density at radius 2 is 2.10 bits per heavy atom. The first-order valence-electron chi connectivity index (χ1n) is 2.98. The fraction of sp³-hybridized carbons (Fsp3) is 0.429. The summed E-state index contributed by atoms with van der Waals surface area (Å²) in [5, 5.41) is 20.7. The number of nitrogens with one attached hydrogen (secondary N) is 1. The zero-order valence-electron chi connectivity index (χ0n) is 5.88. The highest BCUT2D eigenvalue weighted by atomic mass is 16.5. The lowest BCUT2D eigenvalue weighted by molar-refractivity contribution is -0.132. The van der Waals surface area contributed by atoms with Crippen molar-refractivity contribution in [3.05, 3.63) is 26.5 Å². The molecule has 3 N–H and O–H groups in total. The SMILES string of the molecule is [CH2]CNC([CH2])C(O)(O)C=C. The van der Waals surface area contributed by atoms with E-state index < -0.39 is 11.8 Å². The maximum atomic E-state index is 9.01. The highest BCUT2D eigenvalue weighted by Gasteiger charge is 2.25. The quantitative estimate of drug-likeness (QED) is 0.366. The average Bonchev–Trinajstić information content (AvgIpc) is 1.89. The molecule has 0 aromatic carbocycles. The molecule has 0 aromatic heterocycles. The number of hydrogen-bond donors (Lipinski definition) is 3. The molecule has 0 aliphatic heterocycles. The van der Waals surface area contributed by atoms with Gasteiger partial charge in [-0.05, 0) is 26.5 Å². The van der Waals surface area contributed by atoms with Gasteiger partial charge in [0, 0.05) is 0 Å². The van der Waals surface area contributed by atoms with E-state index in [0.29, 0.717) is 6.54 Å². The first kappa shape index (κ1) is 9.62. The Hall–Kier alpha value is -0.380. The molecule has 3 heteroatoms. The van der Waals surface area contributed by atoms with Gasteiger partial charge in [0.1, 0.15) is 0 Å². The molecule has 0 amide bonds. The minimum absolute atomic E-state index is 0.394. The van der Waals surface area contributed by atoms with Gasteiger partial charge in [-0.3, -0.25) is 0 Å². The lowest BCUT2D eigenvalue weighted by atomic mass is 10.1.